The fourth-order valence-electron chi connectivity index (χ4n) is 4.96. The lowest BCUT2D eigenvalue weighted by Crippen LogP contribution is -2.53. The lowest BCUT2D eigenvalue weighted by molar-refractivity contribution is -0.117. The van der Waals surface area contributed by atoms with Crippen molar-refractivity contribution in [1.82, 2.24) is 14.6 Å². The van der Waals surface area contributed by atoms with Crippen LogP contribution in [-0.2, 0) is 21.2 Å². The second-order valence-corrected chi connectivity index (χ2v) is 11.6. The standard InChI is InChI=1S/C27H29F4N5O3S/c1-40(38,39)36-9-8-33-13-21(36)6-7-22-23(31)14-34-15-24(22)35-27(37)26(32)25(16-2-4-18(28)5-3-16)17-10-19(29)12-20(30)11-17/h2-5,10-12,14-15,21,25-26,33H,6-9,13,32H2,1H3,(H,35,37)/t21?,25-,26-/m0/s1. The minimum atomic E-state index is -3.48. The van der Waals surface area contributed by atoms with Crippen LogP contribution in [0.25, 0.3) is 0 Å². The zero-order chi connectivity index (χ0) is 29.0. The van der Waals surface area contributed by atoms with E-state index < -0.39 is 57.2 Å². The topological polar surface area (TPSA) is 117 Å². The predicted octanol–water partition coefficient (Wildman–Crippen LogP) is 2.90. The average Bonchev–Trinajstić information content (AvgIpc) is 2.88. The summed E-state index contributed by atoms with van der Waals surface area (Å²) in [5.41, 5.74) is 6.82. The molecule has 3 aromatic rings. The first kappa shape index (κ1) is 29.6. The highest BCUT2D eigenvalue weighted by molar-refractivity contribution is 7.88. The normalized spacial score (nSPS) is 17.8. The Morgan fingerprint density at radius 2 is 1.75 bits per heavy atom. The van der Waals surface area contributed by atoms with Crippen molar-refractivity contribution in [1.29, 1.82) is 0 Å². The van der Waals surface area contributed by atoms with Crippen LogP contribution in [0, 0.1) is 23.3 Å². The van der Waals surface area contributed by atoms with E-state index >= 15 is 0 Å². The molecule has 2 aromatic carbocycles. The van der Waals surface area contributed by atoms with E-state index in [1.807, 2.05) is 0 Å². The molecule has 1 amide bonds. The van der Waals surface area contributed by atoms with Crippen LogP contribution >= 0.6 is 0 Å². The largest absolute Gasteiger partial charge is 0.323 e. The van der Waals surface area contributed by atoms with Gasteiger partial charge in [-0.1, -0.05) is 12.1 Å². The van der Waals surface area contributed by atoms with Crippen molar-refractivity contribution in [2.75, 3.05) is 31.2 Å². The molecule has 13 heteroatoms. The molecule has 1 aromatic heterocycles. The second-order valence-electron chi connectivity index (χ2n) is 9.66. The summed E-state index contributed by atoms with van der Waals surface area (Å²) in [5, 5.41) is 5.69. The molecule has 3 atom stereocenters. The number of aromatic nitrogens is 1. The van der Waals surface area contributed by atoms with Gasteiger partial charge in [0, 0.05) is 43.2 Å². The van der Waals surface area contributed by atoms with Crippen molar-refractivity contribution in [2.24, 2.45) is 5.73 Å². The van der Waals surface area contributed by atoms with E-state index in [4.69, 9.17) is 5.73 Å². The van der Waals surface area contributed by atoms with Crippen LogP contribution in [0.2, 0.25) is 0 Å². The molecule has 1 unspecified atom stereocenters. The number of benzene rings is 2. The molecule has 0 aliphatic carbocycles. The fourth-order valence-corrected chi connectivity index (χ4v) is 6.10. The SMILES string of the molecule is CS(=O)(=O)N1CCNCC1CCc1c(F)cncc1NC(=O)[C@@H](N)[C@@H](c1ccc(F)cc1)c1cc(F)cc(F)c1. The van der Waals surface area contributed by atoms with Crippen LogP contribution in [0.15, 0.2) is 54.9 Å². The van der Waals surface area contributed by atoms with Gasteiger partial charge in [0.2, 0.25) is 15.9 Å². The minimum Gasteiger partial charge on any atom is -0.323 e. The summed E-state index contributed by atoms with van der Waals surface area (Å²) in [7, 11) is -3.48. The molecule has 2 heterocycles. The van der Waals surface area contributed by atoms with E-state index in [-0.39, 0.29) is 36.2 Å². The summed E-state index contributed by atoms with van der Waals surface area (Å²) in [6.45, 7) is 1.17. The third-order valence-corrected chi connectivity index (χ3v) is 8.18. The van der Waals surface area contributed by atoms with Crippen molar-refractivity contribution >= 4 is 21.6 Å². The maximum Gasteiger partial charge on any atom is 0.242 e. The Morgan fingerprint density at radius 1 is 1.07 bits per heavy atom. The van der Waals surface area contributed by atoms with Gasteiger partial charge in [0.1, 0.15) is 23.3 Å². The van der Waals surface area contributed by atoms with E-state index in [1.54, 1.807) is 0 Å². The number of sulfonamides is 1. The average molecular weight is 580 g/mol. The molecule has 0 spiro atoms. The number of nitrogens with one attached hydrogen (secondary N) is 2. The number of nitrogens with zero attached hydrogens (tertiary/aromatic N) is 2. The summed E-state index contributed by atoms with van der Waals surface area (Å²) in [6.07, 6.45) is 3.68. The zero-order valence-corrected chi connectivity index (χ0v) is 22.4. The fraction of sp³-hybridized carbons (Fsp3) is 0.333. The number of amides is 1. The van der Waals surface area contributed by atoms with Crippen molar-refractivity contribution < 1.29 is 30.8 Å². The number of halogens is 4. The van der Waals surface area contributed by atoms with Gasteiger partial charge >= 0.3 is 0 Å². The summed E-state index contributed by atoms with van der Waals surface area (Å²) < 4.78 is 82.4. The van der Waals surface area contributed by atoms with Gasteiger partial charge < -0.3 is 16.4 Å². The van der Waals surface area contributed by atoms with Gasteiger partial charge in [-0.3, -0.25) is 9.78 Å². The van der Waals surface area contributed by atoms with Crippen molar-refractivity contribution in [2.45, 2.75) is 30.8 Å². The van der Waals surface area contributed by atoms with Gasteiger partial charge in [0.25, 0.3) is 0 Å². The molecule has 0 saturated carbocycles. The van der Waals surface area contributed by atoms with Crippen LogP contribution in [0.3, 0.4) is 0 Å². The number of carbonyl (C=O) groups excluding carboxylic acids is 1. The molecular weight excluding hydrogens is 550 g/mol. The third kappa shape index (κ3) is 7.02. The van der Waals surface area contributed by atoms with Crippen LogP contribution in [0.5, 0.6) is 0 Å². The zero-order valence-electron chi connectivity index (χ0n) is 21.6. The van der Waals surface area contributed by atoms with Gasteiger partial charge in [-0.25, -0.2) is 26.0 Å². The second kappa shape index (κ2) is 12.4. The molecule has 1 fully saturated rings. The molecule has 1 aliphatic heterocycles. The minimum absolute atomic E-state index is 0.0263. The molecule has 0 bridgehead atoms. The van der Waals surface area contributed by atoms with Crippen LogP contribution < -0.4 is 16.4 Å². The highest BCUT2D eigenvalue weighted by atomic mass is 32.2. The summed E-state index contributed by atoms with van der Waals surface area (Å²) in [6, 6.07) is 5.88. The molecule has 0 radical (unpaired) electrons. The molecule has 1 saturated heterocycles. The van der Waals surface area contributed by atoms with Gasteiger partial charge in [-0.05, 0) is 48.2 Å². The number of piperazine rings is 1. The highest BCUT2D eigenvalue weighted by Crippen LogP contribution is 2.30. The Balaban J connectivity index is 1.59. The maximum atomic E-state index is 14.9. The third-order valence-electron chi connectivity index (χ3n) is 6.85. The van der Waals surface area contributed by atoms with Crippen LogP contribution in [0.4, 0.5) is 23.2 Å². The lowest BCUT2D eigenvalue weighted by atomic mass is 9.84. The van der Waals surface area contributed by atoms with E-state index in [1.165, 1.54) is 22.6 Å². The number of nitrogens with two attached hydrogens (primary N) is 1. The monoisotopic (exact) mass is 579 g/mol. The van der Waals surface area contributed by atoms with Crippen molar-refractivity contribution in [3.05, 3.63) is 94.8 Å². The Bertz CT molecular complexity index is 1450. The number of rotatable bonds is 9. The lowest BCUT2D eigenvalue weighted by Gasteiger charge is -2.34. The number of hydrogen-bond donors (Lipinski definition) is 3. The number of anilines is 1. The molecule has 8 nitrogen and oxygen atoms in total. The van der Waals surface area contributed by atoms with Crippen molar-refractivity contribution in [3.63, 3.8) is 0 Å². The molecule has 4 rings (SSSR count). The highest BCUT2D eigenvalue weighted by Gasteiger charge is 2.31. The predicted molar refractivity (Wildman–Crippen MR) is 142 cm³/mol. The van der Waals surface area contributed by atoms with E-state index in [0.29, 0.717) is 24.7 Å². The van der Waals surface area contributed by atoms with Crippen LogP contribution in [-0.4, -0.2) is 61.6 Å². The number of hydrogen-bond acceptors (Lipinski definition) is 6. The Hall–Kier alpha value is -3.39. The van der Waals surface area contributed by atoms with E-state index in [0.717, 1.165) is 36.7 Å². The summed E-state index contributed by atoms with van der Waals surface area (Å²) in [4.78, 5) is 17.2. The summed E-state index contributed by atoms with van der Waals surface area (Å²) >= 11 is 0. The first-order valence-corrected chi connectivity index (χ1v) is 14.4. The number of pyridine rings is 1. The molecular formula is C27H29F4N5O3S. The first-order valence-electron chi connectivity index (χ1n) is 12.5. The molecule has 40 heavy (non-hydrogen) atoms. The first-order chi connectivity index (χ1) is 18.9. The van der Waals surface area contributed by atoms with Gasteiger partial charge in [-0.15, -0.1) is 0 Å². The van der Waals surface area contributed by atoms with E-state index in [2.05, 4.69) is 15.6 Å². The molecule has 214 valence electrons. The Morgan fingerprint density at radius 3 is 2.40 bits per heavy atom. The van der Waals surface area contributed by atoms with Gasteiger partial charge in [-0.2, -0.15) is 4.31 Å². The maximum absolute atomic E-state index is 14.9. The smallest absolute Gasteiger partial charge is 0.242 e. The van der Waals surface area contributed by atoms with Crippen molar-refractivity contribution in [3.8, 4) is 0 Å². The number of carbonyl (C=O) groups is 1. The Labute approximate surface area is 229 Å². The van der Waals surface area contributed by atoms with Gasteiger partial charge in [0.15, 0.2) is 0 Å². The Kier molecular flexibility index (Phi) is 9.19. The van der Waals surface area contributed by atoms with E-state index in [9.17, 15) is 30.8 Å². The quantitative estimate of drug-likeness (QED) is 0.336. The molecule has 1 aliphatic rings. The summed E-state index contributed by atoms with van der Waals surface area (Å²) in [5.74, 6) is -4.90. The van der Waals surface area contributed by atoms with Crippen LogP contribution in [0.1, 0.15) is 29.0 Å². The van der Waals surface area contributed by atoms with Gasteiger partial charge in [0.05, 0.1) is 30.4 Å². The molecule has 4 N–H and O–H groups in total.